The molecule has 3 aromatic heterocycles. The summed E-state index contributed by atoms with van der Waals surface area (Å²) >= 11 is 5.97. The number of fused-ring (bicyclic) bond motifs is 2. The van der Waals surface area contributed by atoms with Gasteiger partial charge >= 0.3 is 0 Å². The van der Waals surface area contributed by atoms with E-state index in [0.717, 1.165) is 16.6 Å². The first-order chi connectivity index (χ1) is 17.4. The van der Waals surface area contributed by atoms with Gasteiger partial charge in [-0.2, -0.15) is 5.26 Å². The Hall–Kier alpha value is -3.52. The molecule has 6 N–H and O–H groups in total. The molecule has 196 valence electrons. The molecule has 0 spiro atoms. The lowest BCUT2D eigenvalue weighted by Crippen LogP contribution is -2.21. The highest BCUT2D eigenvalue weighted by Gasteiger charge is 2.28. The number of nitriles is 1. The number of aliphatic hydroxyl groups is 2. The Morgan fingerprint density at radius 1 is 1.11 bits per heavy atom. The number of hydrogen-bond donors (Lipinski definition) is 4. The molecule has 0 aliphatic heterocycles. The third-order valence-electron chi connectivity index (χ3n) is 6.15. The zero-order chi connectivity index (χ0) is 27.4. The molecular formula is C26H31ClFN7O2. The third-order valence-corrected chi connectivity index (χ3v) is 6.45. The lowest BCUT2D eigenvalue weighted by atomic mass is 9.78. The molecule has 0 aliphatic carbocycles. The number of nitrogens with zero attached hydrogens (tertiary/aromatic N) is 5. The SMILES string of the molecule is CC(C)(O)O.CCC(C#N)(CCc1cc(F)c2cc(Cl)c(N)nc2c1)CCn1ccc2c(N)ncnc21. The molecular weight excluding hydrogens is 497 g/mol. The Bertz CT molecular complexity index is 1440. The second kappa shape index (κ2) is 11.3. The topological polar surface area (TPSA) is 160 Å². The van der Waals surface area contributed by atoms with Gasteiger partial charge in [0.15, 0.2) is 5.79 Å². The average Bonchev–Trinajstić information content (AvgIpc) is 3.24. The van der Waals surface area contributed by atoms with Crippen LogP contribution in [0.5, 0.6) is 0 Å². The molecule has 1 unspecified atom stereocenters. The van der Waals surface area contributed by atoms with Crippen LogP contribution in [0, 0.1) is 22.6 Å². The van der Waals surface area contributed by atoms with E-state index in [4.69, 9.17) is 33.3 Å². The van der Waals surface area contributed by atoms with Crippen LogP contribution in [0.15, 0.2) is 36.8 Å². The van der Waals surface area contributed by atoms with Crippen LogP contribution in [0.4, 0.5) is 16.0 Å². The van der Waals surface area contributed by atoms with Crippen molar-refractivity contribution in [2.75, 3.05) is 11.5 Å². The summed E-state index contributed by atoms with van der Waals surface area (Å²) in [6.07, 6.45) is 5.78. The van der Waals surface area contributed by atoms with E-state index >= 15 is 0 Å². The standard InChI is InChI=1S/C23H23ClFN7.C3H8O2/c1-2-23(12-26,6-8-32-7-4-15-20(27)29-13-30-22(15)32)5-3-14-9-18(25)16-11-17(24)21(28)31-19(16)10-14;1-3(2,4)5/h4,7,9-11,13H,2-3,5-6,8H2,1H3,(H2,28,31)(H2,27,29,30);4-5H,1-2H3. The summed E-state index contributed by atoms with van der Waals surface area (Å²) in [5.74, 6) is -1.30. The van der Waals surface area contributed by atoms with Gasteiger partial charge in [-0.25, -0.2) is 19.3 Å². The predicted octanol–water partition coefficient (Wildman–Crippen LogP) is 4.59. The molecule has 9 nitrogen and oxygen atoms in total. The molecule has 0 fully saturated rings. The van der Waals surface area contributed by atoms with Crippen LogP contribution >= 0.6 is 11.6 Å². The molecule has 1 atom stereocenters. The van der Waals surface area contributed by atoms with Crippen LogP contribution in [-0.4, -0.2) is 35.5 Å². The van der Waals surface area contributed by atoms with Crippen molar-refractivity contribution in [2.24, 2.45) is 5.41 Å². The number of anilines is 2. The Kier molecular flexibility index (Phi) is 8.53. The predicted molar refractivity (Wildman–Crippen MR) is 143 cm³/mol. The first-order valence-corrected chi connectivity index (χ1v) is 12.2. The Labute approximate surface area is 219 Å². The maximum Gasteiger partial charge on any atom is 0.156 e. The van der Waals surface area contributed by atoms with Crippen LogP contribution < -0.4 is 11.5 Å². The normalized spacial score (nSPS) is 13.1. The van der Waals surface area contributed by atoms with Crippen molar-refractivity contribution in [3.63, 3.8) is 0 Å². The summed E-state index contributed by atoms with van der Waals surface area (Å²) in [4.78, 5) is 12.5. The molecule has 0 bridgehead atoms. The van der Waals surface area contributed by atoms with E-state index in [1.807, 2.05) is 29.8 Å². The van der Waals surface area contributed by atoms with Gasteiger partial charge < -0.3 is 26.2 Å². The summed E-state index contributed by atoms with van der Waals surface area (Å²) in [6.45, 7) is 5.21. The Morgan fingerprint density at radius 3 is 2.46 bits per heavy atom. The van der Waals surface area contributed by atoms with E-state index in [0.29, 0.717) is 48.9 Å². The highest BCUT2D eigenvalue weighted by atomic mass is 35.5. The van der Waals surface area contributed by atoms with Gasteiger partial charge in [-0.05, 0) is 69.4 Å². The van der Waals surface area contributed by atoms with Gasteiger partial charge in [0.25, 0.3) is 0 Å². The van der Waals surface area contributed by atoms with Crippen LogP contribution in [0.3, 0.4) is 0 Å². The number of aromatic nitrogens is 4. The first kappa shape index (κ1) is 28.1. The number of nitrogens with two attached hydrogens (primary N) is 2. The minimum atomic E-state index is -1.50. The van der Waals surface area contributed by atoms with E-state index in [-0.39, 0.29) is 10.8 Å². The molecule has 11 heteroatoms. The molecule has 0 aliphatic rings. The Balaban J connectivity index is 0.000000695. The fraction of sp³-hybridized carbons (Fsp3) is 0.385. The molecule has 0 saturated heterocycles. The minimum Gasteiger partial charge on any atom is -0.383 e. The number of nitrogen functional groups attached to an aromatic ring is 2. The number of hydrogen-bond acceptors (Lipinski definition) is 8. The summed E-state index contributed by atoms with van der Waals surface area (Å²) in [5.41, 5.74) is 13.1. The molecule has 4 rings (SSSR count). The van der Waals surface area contributed by atoms with E-state index in [9.17, 15) is 9.65 Å². The van der Waals surface area contributed by atoms with Gasteiger partial charge in [-0.1, -0.05) is 18.5 Å². The molecule has 0 radical (unpaired) electrons. The number of pyridine rings is 1. The van der Waals surface area contributed by atoms with Crippen LogP contribution in [0.1, 0.15) is 45.6 Å². The maximum atomic E-state index is 14.6. The smallest absolute Gasteiger partial charge is 0.156 e. The lowest BCUT2D eigenvalue weighted by Gasteiger charge is -2.25. The number of benzene rings is 1. The zero-order valence-electron chi connectivity index (χ0n) is 21.0. The molecule has 37 heavy (non-hydrogen) atoms. The fourth-order valence-electron chi connectivity index (χ4n) is 4.01. The van der Waals surface area contributed by atoms with Crippen LogP contribution in [0.25, 0.3) is 21.9 Å². The molecule has 0 amide bonds. The largest absolute Gasteiger partial charge is 0.383 e. The van der Waals surface area contributed by atoms with Crippen molar-refractivity contribution in [2.45, 2.75) is 58.8 Å². The van der Waals surface area contributed by atoms with Crippen molar-refractivity contribution in [1.29, 1.82) is 5.26 Å². The number of aryl methyl sites for hydroxylation is 2. The monoisotopic (exact) mass is 527 g/mol. The molecule has 1 aromatic carbocycles. The van der Waals surface area contributed by atoms with E-state index in [1.165, 1.54) is 32.3 Å². The summed E-state index contributed by atoms with van der Waals surface area (Å²) in [7, 11) is 0. The zero-order valence-corrected chi connectivity index (χ0v) is 21.8. The quantitative estimate of drug-likeness (QED) is 0.254. The highest BCUT2D eigenvalue weighted by Crippen LogP contribution is 2.34. The van der Waals surface area contributed by atoms with Crippen LogP contribution in [-0.2, 0) is 13.0 Å². The van der Waals surface area contributed by atoms with E-state index in [2.05, 4.69) is 21.0 Å². The van der Waals surface area contributed by atoms with Gasteiger partial charge in [0.2, 0.25) is 0 Å². The van der Waals surface area contributed by atoms with Gasteiger partial charge in [0, 0.05) is 18.1 Å². The Morgan fingerprint density at radius 2 is 1.81 bits per heavy atom. The van der Waals surface area contributed by atoms with Crippen molar-refractivity contribution >= 4 is 45.2 Å². The van der Waals surface area contributed by atoms with E-state index in [1.54, 1.807) is 0 Å². The summed E-state index contributed by atoms with van der Waals surface area (Å²) < 4.78 is 16.6. The third kappa shape index (κ3) is 7.04. The maximum absolute atomic E-state index is 14.6. The number of halogens is 2. The minimum absolute atomic E-state index is 0.166. The first-order valence-electron chi connectivity index (χ1n) is 11.8. The van der Waals surface area contributed by atoms with Crippen LogP contribution in [0.2, 0.25) is 5.02 Å². The van der Waals surface area contributed by atoms with Crippen molar-refractivity contribution in [3.8, 4) is 6.07 Å². The van der Waals surface area contributed by atoms with Gasteiger partial charge in [-0.3, -0.25) is 0 Å². The number of rotatable bonds is 7. The van der Waals surface area contributed by atoms with Gasteiger partial charge in [0.1, 0.15) is 29.4 Å². The van der Waals surface area contributed by atoms with Crippen molar-refractivity contribution in [3.05, 3.63) is 53.2 Å². The highest BCUT2D eigenvalue weighted by molar-refractivity contribution is 6.33. The van der Waals surface area contributed by atoms with Gasteiger partial charge in [-0.15, -0.1) is 0 Å². The fourth-order valence-corrected chi connectivity index (χ4v) is 4.16. The molecule has 0 saturated carbocycles. The average molecular weight is 528 g/mol. The van der Waals surface area contributed by atoms with Gasteiger partial charge in [0.05, 0.1) is 27.4 Å². The second-order valence-corrected chi connectivity index (χ2v) is 9.90. The lowest BCUT2D eigenvalue weighted by molar-refractivity contribution is -0.127. The molecule has 3 heterocycles. The van der Waals surface area contributed by atoms with Crippen molar-refractivity contribution < 1.29 is 14.6 Å². The summed E-state index contributed by atoms with van der Waals surface area (Å²) in [6, 6.07) is 9.17. The summed E-state index contributed by atoms with van der Waals surface area (Å²) in [5, 5.41) is 27.5. The van der Waals surface area contributed by atoms with E-state index < -0.39 is 17.0 Å². The second-order valence-electron chi connectivity index (χ2n) is 9.50. The molecule has 4 aromatic rings. The van der Waals surface area contributed by atoms with Crippen molar-refractivity contribution in [1.82, 2.24) is 19.5 Å².